The molecule has 2 N–H and O–H groups in total. The molecule has 1 aromatic heterocycles. The second-order valence-corrected chi connectivity index (χ2v) is 5.53. The molecule has 2 aromatic rings. The van der Waals surface area contributed by atoms with Gasteiger partial charge in [-0.25, -0.2) is 10.5 Å². The van der Waals surface area contributed by atoms with Gasteiger partial charge in [0.2, 0.25) is 5.95 Å². The zero-order valence-electron chi connectivity index (χ0n) is 13.6. The van der Waals surface area contributed by atoms with E-state index >= 15 is 0 Å². The number of para-hydroxylation sites is 1. The van der Waals surface area contributed by atoms with Crippen LogP contribution >= 0.6 is 0 Å². The van der Waals surface area contributed by atoms with Gasteiger partial charge < -0.3 is 15.0 Å². The first-order valence-electron chi connectivity index (χ1n) is 7.85. The third-order valence-corrected chi connectivity index (χ3v) is 4.05. The predicted octanol–water partition coefficient (Wildman–Crippen LogP) is 1.42. The Labute approximate surface area is 136 Å². The largest absolute Gasteiger partial charge is 0.385 e. The van der Waals surface area contributed by atoms with Gasteiger partial charge >= 0.3 is 0 Å². The minimum absolute atomic E-state index is 0.320. The number of nitrogens with zero attached hydrogens (tertiary/aromatic N) is 3. The molecule has 0 amide bonds. The molecule has 3 rings (SSSR count). The maximum Gasteiger partial charge on any atom is 0.228 e. The van der Waals surface area contributed by atoms with Gasteiger partial charge in [-0.1, -0.05) is 12.1 Å². The summed E-state index contributed by atoms with van der Waals surface area (Å²) in [5, 5.41) is 4.37. The summed E-state index contributed by atoms with van der Waals surface area (Å²) >= 11 is 0. The van der Waals surface area contributed by atoms with Crippen LogP contribution in [0.3, 0.4) is 0 Å². The monoisotopic (exact) mass is 317 g/mol. The van der Waals surface area contributed by atoms with E-state index in [1.165, 1.54) is 0 Å². The summed E-state index contributed by atoms with van der Waals surface area (Å²) in [6.07, 6.45) is 0.937. The van der Waals surface area contributed by atoms with Crippen LogP contribution in [-0.2, 0) is 9.57 Å². The lowest BCUT2D eigenvalue weighted by Crippen LogP contribution is -2.52. The molecule has 1 unspecified atom stereocenters. The van der Waals surface area contributed by atoms with Crippen molar-refractivity contribution in [3.8, 4) is 0 Å². The van der Waals surface area contributed by atoms with Gasteiger partial charge in [-0.2, -0.15) is 4.98 Å². The van der Waals surface area contributed by atoms with E-state index in [0.29, 0.717) is 11.9 Å². The van der Waals surface area contributed by atoms with Crippen molar-refractivity contribution in [3.05, 3.63) is 24.3 Å². The van der Waals surface area contributed by atoms with E-state index in [1.54, 1.807) is 14.2 Å². The zero-order valence-corrected chi connectivity index (χ0v) is 13.6. The van der Waals surface area contributed by atoms with Crippen LogP contribution < -0.4 is 15.7 Å². The Balaban J connectivity index is 1.96. The minimum Gasteiger partial charge on any atom is -0.385 e. The molecule has 2 heterocycles. The highest BCUT2D eigenvalue weighted by Gasteiger charge is 2.25. The molecule has 1 aromatic carbocycles. The number of rotatable bonds is 6. The molecule has 0 saturated carbocycles. The number of hydrogen-bond acceptors (Lipinski definition) is 7. The van der Waals surface area contributed by atoms with Gasteiger partial charge in [0.1, 0.15) is 0 Å². The lowest BCUT2D eigenvalue weighted by Gasteiger charge is -2.36. The summed E-state index contributed by atoms with van der Waals surface area (Å²) in [6.45, 7) is 3.43. The number of anilines is 2. The van der Waals surface area contributed by atoms with Crippen LogP contribution in [0, 0.1) is 0 Å². The standard InChI is InChI=1S/C16H23N5O2/c1-22-10-7-12-11-17-8-9-21(12)16-18-14-6-4-3-5-13(14)15(19-16)20-23-2/h3-6,12,17H,7-11H2,1-2H3,(H,18,19,20). The van der Waals surface area contributed by atoms with Crippen molar-refractivity contribution in [2.75, 3.05) is 50.8 Å². The Kier molecular flexibility index (Phi) is 5.22. The summed E-state index contributed by atoms with van der Waals surface area (Å²) in [5.74, 6) is 1.42. The molecule has 0 spiro atoms. The summed E-state index contributed by atoms with van der Waals surface area (Å²) in [4.78, 5) is 16.8. The fourth-order valence-corrected chi connectivity index (χ4v) is 2.90. The van der Waals surface area contributed by atoms with Gasteiger partial charge in [0.25, 0.3) is 0 Å². The molecule has 0 bridgehead atoms. The maximum absolute atomic E-state index is 5.23. The van der Waals surface area contributed by atoms with E-state index in [9.17, 15) is 0 Å². The van der Waals surface area contributed by atoms with E-state index in [2.05, 4.69) is 20.7 Å². The van der Waals surface area contributed by atoms with Crippen LogP contribution in [0.5, 0.6) is 0 Å². The topological polar surface area (TPSA) is 71.5 Å². The van der Waals surface area contributed by atoms with Crippen LogP contribution in [0.25, 0.3) is 10.9 Å². The first kappa shape index (κ1) is 15.9. The number of methoxy groups -OCH3 is 1. The molecule has 23 heavy (non-hydrogen) atoms. The summed E-state index contributed by atoms with van der Waals surface area (Å²) in [7, 11) is 3.32. The van der Waals surface area contributed by atoms with Crippen molar-refractivity contribution in [1.82, 2.24) is 15.3 Å². The number of nitrogens with one attached hydrogen (secondary N) is 2. The first-order valence-corrected chi connectivity index (χ1v) is 7.85. The summed E-state index contributed by atoms with van der Waals surface area (Å²) in [6, 6.07) is 8.25. The molecule has 0 aliphatic carbocycles. The van der Waals surface area contributed by atoms with E-state index in [4.69, 9.17) is 14.6 Å². The van der Waals surface area contributed by atoms with Gasteiger partial charge in [0.15, 0.2) is 5.82 Å². The molecule has 7 nitrogen and oxygen atoms in total. The van der Waals surface area contributed by atoms with Crippen molar-refractivity contribution in [2.24, 2.45) is 0 Å². The predicted molar refractivity (Wildman–Crippen MR) is 90.7 cm³/mol. The third-order valence-electron chi connectivity index (χ3n) is 4.05. The molecule has 124 valence electrons. The Morgan fingerprint density at radius 3 is 3.00 bits per heavy atom. The van der Waals surface area contributed by atoms with Crippen LogP contribution in [0.15, 0.2) is 24.3 Å². The fourth-order valence-electron chi connectivity index (χ4n) is 2.90. The van der Waals surface area contributed by atoms with Crippen molar-refractivity contribution in [3.63, 3.8) is 0 Å². The minimum atomic E-state index is 0.320. The highest BCUT2D eigenvalue weighted by molar-refractivity contribution is 5.89. The Bertz CT molecular complexity index is 651. The van der Waals surface area contributed by atoms with Crippen LogP contribution in [-0.4, -0.2) is 56.5 Å². The molecule has 1 fully saturated rings. The maximum atomic E-state index is 5.23. The number of ether oxygens (including phenoxy) is 1. The Hall–Kier alpha value is -1.96. The van der Waals surface area contributed by atoms with Crippen LogP contribution in [0.1, 0.15) is 6.42 Å². The highest BCUT2D eigenvalue weighted by Crippen LogP contribution is 2.25. The second-order valence-electron chi connectivity index (χ2n) is 5.53. The number of fused-ring (bicyclic) bond motifs is 1. The molecule has 0 radical (unpaired) electrons. The highest BCUT2D eigenvalue weighted by atomic mass is 16.6. The second kappa shape index (κ2) is 7.54. The van der Waals surface area contributed by atoms with E-state index < -0.39 is 0 Å². The molecule has 1 saturated heterocycles. The Morgan fingerprint density at radius 2 is 2.17 bits per heavy atom. The Morgan fingerprint density at radius 1 is 1.30 bits per heavy atom. The number of aromatic nitrogens is 2. The van der Waals surface area contributed by atoms with Crippen LogP contribution in [0.4, 0.5) is 11.8 Å². The number of hydrogen-bond donors (Lipinski definition) is 2. The van der Waals surface area contributed by atoms with Crippen molar-refractivity contribution < 1.29 is 9.57 Å². The average molecular weight is 317 g/mol. The van der Waals surface area contributed by atoms with Crippen molar-refractivity contribution in [2.45, 2.75) is 12.5 Å². The fraction of sp³-hybridized carbons (Fsp3) is 0.500. The molecular formula is C16H23N5O2. The number of piperazine rings is 1. The van der Waals surface area contributed by atoms with Gasteiger partial charge in [-0.05, 0) is 18.6 Å². The molecule has 1 atom stereocenters. The van der Waals surface area contributed by atoms with Gasteiger partial charge in [-0.15, -0.1) is 0 Å². The third kappa shape index (κ3) is 3.52. The molecular weight excluding hydrogens is 294 g/mol. The van der Waals surface area contributed by atoms with E-state index in [1.807, 2.05) is 24.3 Å². The average Bonchev–Trinajstić information content (AvgIpc) is 2.60. The number of benzene rings is 1. The van der Waals surface area contributed by atoms with Crippen LogP contribution in [0.2, 0.25) is 0 Å². The lowest BCUT2D eigenvalue weighted by molar-refractivity contribution is 0.184. The normalized spacial score (nSPS) is 18.3. The lowest BCUT2D eigenvalue weighted by atomic mass is 10.1. The quantitative estimate of drug-likeness (QED) is 0.781. The molecule has 1 aliphatic heterocycles. The molecule has 7 heteroatoms. The van der Waals surface area contributed by atoms with Gasteiger partial charge in [0.05, 0.1) is 12.6 Å². The molecule has 1 aliphatic rings. The zero-order chi connectivity index (χ0) is 16.1. The summed E-state index contributed by atoms with van der Waals surface area (Å²) in [5.41, 5.74) is 3.77. The van der Waals surface area contributed by atoms with Crippen molar-refractivity contribution >= 4 is 22.7 Å². The first-order chi connectivity index (χ1) is 11.3. The summed E-state index contributed by atoms with van der Waals surface area (Å²) < 4.78 is 5.23. The van der Waals surface area contributed by atoms with E-state index in [-0.39, 0.29) is 0 Å². The SMILES string of the molecule is COCCC1CNCCN1c1nc(NOC)c2ccccc2n1. The smallest absolute Gasteiger partial charge is 0.228 e. The van der Waals surface area contributed by atoms with E-state index in [0.717, 1.165) is 49.5 Å². The van der Waals surface area contributed by atoms with Gasteiger partial charge in [-0.3, -0.25) is 4.84 Å². The van der Waals surface area contributed by atoms with Crippen molar-refractivity contribution in [1.29, 1.82) is 0 Å². The van der Waals surface area contributed by atoms with Gasteiger partial charge in [0, 0.05) is 44.8 Å².